The van der Waals surface area contributed by atoms with Gasteiger partial charge in [-0.25, -0.2) is 5.12 Å². The molecule has 1 aliphatic rings. The second kappa shape index (κ2) is 5.81. The standard InChI is InChI=1S/C8H9Cl6N3/c1-2-3-17-15-5(7(9,10)11)4-6(16-17)8(12,13)14/h4,15H,2-3H2,1H3. The Morgan fingerprint density at radius 1 is 1.18 bits per heavy atom. The molecule has 1 aliphatic heterocycles. The van der Waals surface area contributed by atoms with Gasteiger partial charge in [0.15, 0.2) is 0 Å². The molecule has 0 unspecified atom stereocenters. The Bertz CT molecular complexity index is 340. The molecule has 9 heteroatoms. The van der Waals surface area contributed by atoms with Crippen molar-refractivity contribution in [3.63, 3.8) is 0 Å². The van der Waals surface area contributed by atoms with Gasteiger partial charge in [0.1, 0.15) is 5.71 Å². The fourth-order valence-corrected chi connectivity index (χ4v) is 1.66. The number of allylic oxidation sites excluding steroid dienone is 2. The Morgan fingerprint density at radius 3 is 2.18 bits per heavy atom. The van der Waals surface area contributed by atoms with Gasteiger partial charge in [-0.2, -0.15) is 5.10 Å². The van der Waals surface area contributed by atoms with Crippen LogP contribution in [0.4, 0.5) is 0 Å². The molecule has 0 aromatic rings. The lowest BCUT2D eigenvalue weighted by atomic mass is 10.3. The molecule has 0 amide bonds. The fraction of sp³-hybridized carbons (Fsp3) is 0.625. The minimum Gasteiger partial charge on any atom is -0.282 e. The number of rotatable bonds is 2. The molecule has 0 radical (unpaired) electrons. The van der Waals surface area contributed by atoms with E-state index in [0.29, 0.717) is 6.54 Å². The molecular formula is C8H9Cl6N3. The number of hydrogen-bond donors (Lipinski definition) is 1. The van der Waals surface area contributed by atoms with Crippen LogP contribution in [-0.2, 0) is 0 Å². The van der Waals surface area contributed by atoms with Crippen molar-refractivity contribution in [2.45, 2.75) is 20.9 Å². The first-order chi connectivity index (χ1) is 7.64. The summed E-state index contributed by atoms with van der Waals surface area (Å²) in [5.74, 6) is 0. The summed E-state index contributed by atoms with van der Waals surface area (Å²) in [6.07, 6.45) is 2.24. The van der Waals surface area contributed by atoms with Crippen molar-refractivity contribution in [3.8, 4) is 0 Å². The number of alkyl halides is 6. The summed E-state index contributed by atoms with van der Waals surface area (Å²) in [5.41, 5.74) is 3.31. The average Bonchev–Trinajstić information content (AvgIpc) is 2.15. The normalized spacial score (nSPS) is 17.5. The number of nitrogens with zero attached hydrogens (tertiary/aromatic N) is 2. The van der Waals surface area contributed by atoms with Gasteiger partial charge >= 0.3 is 0 Å². The zero-order valence-corrected chi connectivity index (χ0v) is 13.2. The number of hydrogen-bond acceptors (Lipinski definition) is 3. The summed E-state index contributed by atoms with van der Waals surface area (Å²) in [6.45, 7) is 2.56. The van der Waals surface area contributed by atoms with Crippen molar-refractivity contribution in [3.05, 3.63) is 11.8 Å². The molecule has 0 atom stereocenters. The Labute approximate surface area is 130 Å². The molecule has 1 rings (SSSR count). The molecule has 0 spiro atoms. The Morgan fingerprint density at radius 2 is 1.76 bits per heavy atom. The molecule has 0 saturated heterocycles. The van der Waals surface area contributed by atoms with Crippen LogP contribution in [0.3, 0.4) is 0 Å². The predicted molar refractivity (Wildman–Crippen MR) is 76.2 cm³/mol. The van der Waals surface area contributed by atoms with Crippen LogP contribution < -0.4 is 5.43 Å². The van der Waals surface area contributed by atoms with E-state index in [0.717, 1.165) is 6.42 Å². The van der Waals surface area contributed by atoms with Crippen LogP contribution in [0.15, 0.2) is 16.9 Å². The number of hydrazine groups is 1. The van der Waals surface area contributed by atoms with E-state index in [4.69, 9.17) is 69.6 Å². The highest BCUT2D eigenvalue weighted by atomic mass is 35.6. The van der Waals surface area contributed by atoms with Crippen LogP contribution in [-0.4, -0.2) is 25.0 Å². The molecule has 0 saturated carbocycles. The van der Waals surface area contributed by atoms with E-state index in [1.807, 2.05) is 6.92 Å². The summed E-state index contributed by atoms with van der Waals surface area (Å²) in [5, 5.41) is 5.56. The van der Waals surface area contributed by atoms with Gasteiger partial charge in [0.25, 0.3) is 0 Å². The lowest BCUT2D eigenvalue weighted by molar-refractivity contribution is 0.217. The molecule has 0 fully saturated rings. The van der Waals surface area contributed by atoms with Crippen LogP contribution in [0.2, 0.25) is 0 Å². The van der Waals surface area contributed by atoms with E-state index in [1.165, 1.54) is 11.2 Å². The van der Waals surface area contributed by atoms with E-state index >= 15 is 0 Å². The zero-order chi connectivity index (χ0) is 13.3. The number of halogens is 6. The fourth-order valence-electron chi connectivity index (χ4n) is 1.09. The van der Waals surface area contributed by atoms with Gasteiger partial charge < -0.3 is 0 Å². The third-order valence-electron chi connectivity index (χ3n) is 1.79. The average molecular weight is 360 g/mol. The molecule has 3 nitrogen and oxygen atoms in total. The lowest BCUT2D eigenvalue weighted by Gasteiger charge is -2.31. The van der Waals surface area contributed by atoms with Gasteiger partial charge in [0.05, 0.1) is 12.2 Å². The van der Waals surface area contributed by atoms with Crippen molar-refractivity contribution >= 4 is 75.3 Å². The molecule has 0 aliphatic carbocycles. The Kier molecular flexibility index (Phi) is 5.40. The third kappa shape index (κ3) is 4.73. The van der Waals surface area contributed by atoms with Crippen molar-refractivity contribution in [1.29, 1.82) is 0 Å². The summed E-state index contributed by atoms with van der Waals surface area (Å²) in [6, 6.07) is 0. The quantitative estimate of drug-likeness (QED) is 0.748. The molecule has 17 heavy (non-hydrogen) atoms. The van der Waals surface area contributed by atoms with E-state index in [9.17, 15) is 0 Å². The highest BCUT2D eigenvalue weighted by Gasteiger charge is 2.35. The van der Waals surface area contributed by atoms with Gasteiger partial charge in [0.2, 0.25) is 7.59 Å². The van der Waals surface area contributed by atoms with Crippen molar-refractivity contribution in [2.24, 2.45) is 5.10 Å². The predicted octanol–water partition coefficient (Wildman–Crippen LogP) is 4.20. The number of nitrogens with one attached hydrogen (secondary N) is 1. The first-order valence-corrected chi connectivity index (χ1v) is 6.90. The van der Waals surface area contributed by atoms with Crippen molar-refractivity contribution < 1.29 is 0 Å². The first-order valence-electron chi connectivity index (χ1n) is 4.63. The van der Waals surface area contributed by atoms with Gasteiger partial charge in [-0.05, 0) is 12.5 Å². The van der Waals surface area contributed by atoms with E-state index in [2.05, 4.69) is 10.5 Å². The topological polar surface area (TPSA) is 27.6 Å². The van der Waals surface area contributed by atoms with Crippen LogP contribution in [0.25, 0.3) is 0 Å². The molecular weight excluding hydrogens is 351 g/mol. The van der Waals surface area contributed by atoms with Crippen LogP contribution >= 0.6 is 69.6 Å². The Hall–Kier alpha value is 0.750. The molecule has 0 aromatic heterocycles. The maximum Gasteiger partial charge on any atom is 0.234 e. The zero-order valence-electron chi connectivity index (χ0n) is 8.65. The van der Waals surface area contributed by atoms with Gasteiger partial charge in [-0.1, -0.05) is 76.5 Å². The summed E-state index contributed by atoms with van der Waals surface area (Å²) < 4.78 is -3.31. The molecule has 0 aromatic carbocycles. The minimum absolute atomic E-state index is 0.191. The minimum atomic E-state index is -1.67. The van der Waals surface area contributed by atoms with E-state index < -0.39 is 7.59 Å². The van der Waals surface area contributed by atoms with Gasteiger partial charge in [0, 0.05) is 0 Å². The smallest absolute Gasteiger partial charge is 0.234 e. The van der Waals surface area contributed by atoms with Gasteiger partial charge in [-0.3, -0.25) is 5.43 Å². The second-order valence-corrected chi connectivity index (χ2v) is 7.84. The molecule has 1 heterocycles. The van der Waals surface area contributed by atoms with E-state index in [-0.39, 0.29) is 11.4 Å². The largest absolute Gasteiger partial charge is 0.282 e. The van der Waals surface area contributed by atoms with E-state index in [1.54, 1.807) is 0 Å². The van der Waals surface area contributed by atoms with Crippen molar-refractivity contribution in [1.82, 2.24) is 10.5 Å². The first kappa shape index (κ1) is 15.8. The molecule has 1 N–H and O–H groups in total. The van der Waals surface area contributed by atoms with Gasteiger partial charge in [-0.15, -0.1) is 0 Å². The molecule has 0 bridgehead atoms. The SMILES string of the molecule is CCCN1N=C(C(Cl)(Cl)Cl)C=C(C(Cl)(Cl)Cl)N1. The Balaban J connectivity index is 3.04. The lowest BCUT2D eigenvalue weighted by Crippen LogP contribution is -2.43. The summed E-state index contributed by atoms with van der Waals surface area (Å²) >= 11 is 34.6. The third-order valence-corrected chi connectivity index (χ3v) is 2.98. The highest BCUT2D eigenvalue weighted by molar-refractivity contribution is 6.77. The summed E-state index contributed by atoms with van der Waals surface area (Å²) in [4.78, 5) is 0. The maximum absolute atomic E-state index is 5.78. The molecule has 98 valence electrons. The van der Waals surface area contributed by atoms with Crippen LogP contribution in [0.5, 0.6) is 0 Å². The highest BCUT2D eigenvalue weighted by Crippen LogP contribution is 2.37. The van der Waals surface area contributed by atoms with Crippen LogP contribution in [0, 0.1) is 0 Å². The maximum atomic E-state index is 5.78. The number of hydrazone groups is 1. The summed E-state index contributed by atoms with van der Waals surface area (Å²) in [7, 11) is 0. The second-order valence-electron chi connectivity index (χ2n) is 3.27. The van der Waals surface area contributed by atoms with Crippen molar-refractivity contribution in [2.75, 3.05) is 6.54 Å². The monoisotopic (exact) mass is 357 g/mol. The van der Waals surface area contributed by atoms with Crippen LogP contribution in [0.1, 0.15) is 13.3 Å².